The molecule has 0 saturated carbocycles. The number of hydrogen-bond acceptors (Lipinski definition) is 4. The van der Waals surface area contributed by atoms with Crippen molar-refractivity contribution in [3.8, 4) is 0 Å². The van der Waals surface area contributed by atoms with Crippen LogP contribution < -0.4 is 5.56 Å². The van der Waals surface area contributed by atoms with E-state index in [1.54, 1.807) is 4.68 Å². The summed E-state index contributed by atoms with van der Waals surface area (Å²) in [5.74, 6) is 0.103. The fourth-order valence-corrected chi connectivity index (χ4v) is 4.97. The first kappa shape index (κ1) is 17.3. The number of nitrogens with one attached hydrogen (secondary N) is 1. The van der Waals surface area contributed by atoms with E-state index in [1.165, 1.54) is 0 Å². The summed E-state index contributed by atoms with van der Waals surface area (Å²) in [5.41, 5.74) is 3.06. The average molecular weight is 358 g/mol. The molecule has 3 atom stereocenters. The number of aromatic amines is 1. The van der Waals surface area contributed by atoms with Crippen LogP contribution in [0.1, 0.15) is 48.9 Å². The van der Waals surface area contributed by atoms with E-state index in [0.29, 0.717) is 31.2 Å². The van der Waals surface area contributed by atoms with E-state index >= 15 is 0 Å². The summed E-state index contributed by atoms with van der Waals surface area (Å²) < 4.78 is 1.69. The number of fused-ring (bicyclic) bond motifs is 3. The zero-order chi connectivity index (χ0) is 18.6. The molecule has 0 aromatic carbocycles. The third-order valence-corrected chi connectivity index (χ3v) is 6.14. The minimum absolute atomic E-state index is 0.103. The summed E-state index contributed by atoms with van der Waals surface area (Å²) in [4.78, 5) is 30.2. The molecule has 2 fully saturated rings. The molecule has 0 spiro atoms. The lowest BCUT2D eigenvalue weighted by atomic mass is 9.98. The van der Waals surface area contributed by atoms with Gasteiger partial charge in [-0.25, -0.2) is 0 Å². The minimum Gasteiger partial charge on any atom is -0.393 e. The Balaban J connectivity index is 1.56. The molecule has 2 bridgehead atoms. The van der Waals surface area contributed by atoms with Crippen LogP contribution in [0, 0.1) is 13.8 Å². The molecule has 7 heteroatoms. The highest BCUT2D eigenvalue weighted by molar-refractivity contribution is 5.83. The van der Waals surface area contributed by atoms with Gasteiger partial charge in [0.05, 0.1) is 11.8 Å². The van der Waals surface area contributed by atoms with Crippen molar-refractivity contribution in [3.63, 3.8) is 0 Å². The minimum atomic E-state index is -0.280. The van der Waals surface area contributed by atoms with Gasteiger partial charge in [-0.05, 0) is 51.5 Å². The summed E-state index contributed by atoms with van der Waals surface area (Å²) in [6, 6.07) is 0.331. The molecule has 1 unspecified atom stereocenters. The number of nitrogens with zero attached hydrogens (tertiary/aromatic N) is 3. The Morgan fingerprint density at radius 3 is 2.58 bits per heavy atom. The Morgan fingerprint density at radius 1 is 1.27 bits per heavy atom. The van der Waals surface area contributed by atoms with Gasteiger partial charge in [-0.2, -0.15) is 5.10 Å². The second kappa shape index (κ2) is 6.23. The van der Waals surface area contributed by atoms with Gasteiger partial charge in [0.25, 0.3) is 5.56 Å². The van der Waals surface area contributed by atoms with E-state index in [1.807, 2.05) is 25.8 Å². The van der Waals surface area contributed by atoms with E-state index in [2.05, 4.69) is 10.1 Å². The molecule has 2 aliphatic heterocycles. The highest BCUT2D eigenvalue weighted by Crippen LogP contribution is 2.36. The zero-order valence-electron chi connectivity index (χ0n) is 15.6. The van der Waals surface area contributed by atoms with Crippen LogP contribution >= 0.6 is 0 Å². The predicted octanol–water partition coefficient (Wildman–Crippen LogP) is 1.33. The van der Waals surface area contributed by atoms with E-state index in [9.17, 15) is 14.7 Å². The molecule has 140 valence electrons. The number of aliphatic hydroxyl groups excluding tert-OH is 1. The molecule has 2 saturated heterocycles. The maximum atomic E-state index is 12.8. The van der Waals surface area contributed by atoms with Gasteiger partial charge in [0, 0.05) is 36.5 Å². The van der Waals surface area contributed by atoms with Crippen LogP contribution in [0.4, 0.5) is 0 Å². The summed E-state index contributed by atoms with van der Waals surface area (Å²) in [5, 5.41) is 15.3. The second-order valence-corrected chi connectivity index (χ2v) is 7.80. The largest absolute Gasteiger partial charge is 0.393 e. The van der Waals surface area contributed by atoms with Crippen molar-refractivity contribution in [2.24, 2.45) is 7.05 Å². The molecule has 1 amide bonds. The van der Waals surface area contributed by atoms with Crippen molar-refractivity contribution in [2.75, 3.05) is 0 Å². The van der Waals surface area contributed by atoms with Crippen molar-refractivity contribution in [3.05, 3.63) is 27.2 Å². The van der Waals surface area contributed by atoms with Crippen LogP contribution in [0.25, 0.3) is 11.0 Å². The number of piperidine rings is 1. The number of carbonyl (C=O) groups excluding carboxylic acids is 1. The van der Waals surface area contributed by atoms with Gasteiger partial charge in [-0.3, -0.25) is 14.3 Å². The lowest BCUT2D eigenvalue weighted by Crippen LogP contribution is -2.48. The van der Waals surface area contributed by atoms with Gasteiger partial charge in [-0.15, -0.1) is 0 Å². The van der Waals surface area contributed by atoms with Crippen molar-refractivity contribution >= 4 is 16.9 Å². The van der Waals surface area contributed by atoms with Crippen molar-refractivity contribution in [1.29, 1.82) is 0 Å². The Kier molecular flexibility index (Phi) is 4.14. The summed E-state index contributed by atoms with van der Waals surface area (Å²) in [6.45, 7) is 3.87. The fraction of sp³-hybridized carbons (Fsp3) is 0.632. The van der Waals surface area contributed by atoms with Crippen LogP contribution in [0.2, 0.25) is 0 Å². The van der Waals surface area contributed by atoms with Crippen molar-refractivity contribution in [2.45, 2.75) is 70.6 Å². The Hall–Kier alpha value is -2.15. The molecule has 0 aliphatic carbocycles. The first-order chi connectivity index (χ1) is 12.4. The number of rotatable bonds is 3. The number of pyridine rings is 1. The molecule has 2 aromatic heterocycles. The number of carbonyl (C=O) groups is 1. The van der Waals surface area contributed by atoms with Gasteiger partial charge in [0.1, 0.15) is 5.65 Å². The van der Waals surface area contributed by atoms with E-state index in [4.69, 9.17) is 0 Å². The fourth-order valence-electron chi connectivity index (χ4n) is 4.97. The van der Waals surface area contributed by atoms with Gasteiger partial charge >= 0.3 is 0 Å². The van der Waals surface area contributed by atoms with Gasteiger partial charge < -0.3 is 15.0 Å². The SMILES string of the molecule is Cc1nn(C)c2[nH]c(=O)c(CCC(=O)N3[C@@H]4CC[C@H]3CC(O)C4)c(C)c12. The van der Waals surface area contributed by atoms with Crippen LogP contribution in [-0.2, 0) is 18.3 Å². The third-order valence-electron chi connectivity index (χ3n) is 6.14. The smallest absolute Gasteiger partial charge is 0.253 e. The van der Waals surface area contributed by atoms with Gasteiger partial charge in [-0.1, -0.05) is 0 Å². The Labute approximate surface area is 152 Å². The second-order valence-electron chi connectivity index (χ2n) is 7.80. The van der Waals surface area contributed by atoms with Crippen molar-refractivity contribution in [1.82, 2.24) is 19.7 Å². The Morgan fingerprint density at radius 2 is 1.92 bits per heavy atom. The molecule has 7 nitrogen and oxygen atoms in total. The molecular formula is C19H26N4O3. The monoisotopic (exact) mass is 358 g/mol. The summed E-state index contributed by atoms with van der Waals surface area (Å²) >= 11 is 0. The lowest BCUT2D eigenvalue weighted by molar-refractivity contribution is -0.137. The lowest BCUT2D eigenvalue weighted by Gasteiger charge is -2.37. The number of aliphatic hydroxyl groups is 1. The van der Waals surface area contributed by atoms with Crippen LogP contribution in [0.3, 0.4) is 0 Å². The maximum absolute atomic E-state index is 12.8. The molecule has 26 heavy (non-hydrogen) atoms. The first-order valence-electron chi connectivity index (χ1n) is 9.41. The first-order valence-corrected chi connectivity index (χ1v) is 9.41. The number of H-pyrrole nitrogens is 1. The maximum Gasteiger partial charge on any atom is 0.253 e. The molecule has 4 rings (SSSR count). The molecule has 2 N–H and O–H groups in total. The van der Waals surface area contributed by atoms with Crippen LogP contribution in [-0.4, -0.2) is 48.9 Å². The molecule has 0 radical (unpaired) electrons. The highest BCUT2D eigenvalue weighted by Gasteiger charge is 2.42. The normalized spacial score (nSPS) is 25.2. The summed E-state index contributed by atoms with van der Waals surface area (Å²) in [6.07, 6.45) is 3.81. The predicted molar refractivity (Wildman–Crippen MR) is 98.0 cm³/mol. The number of hydrogen-bond donors (Lipinski definition) is 2. The topological polar surface area (TPSA) is 91.2 Å². The van der Waals surface area contributed by atoms with E-state index < -0.39 is 0 Å². The molecule has 2 aliphatic rings. The molecule has 4 heterocycles. The third kappa shape index (κ3) is 2.65. The Bertz CT molecular complexity index is 915. The molecule has 2 aromatic rings. The molecular weight excluding hydrogens is 332 g/mol. The van der Waals surface area contributed by atoms with E-state index in [0.717, 1.165) is 35.1 Å². The van der Waals surface area contributed by atoms with Crippen molar-refractivity contribution < 1.29 is 9.90 Å². The number of aromatic nitrogens is 3. The zero-order valence-corrected chi connectivity index (χ0v) is 15.6. The number of amides is 1. The number of aryl methyl sites for hydroxylation is 3. The van der Waals surface area contributed by atoms with Gasteiger partial charge in [0.15, 0.2) is 0 Å². The van der Waals surface area contributed by atoms with E-state index in [-0.39, 0.29) is 29.7 Å². The van der Waals surface area contributed by atoms with Crippen LogP contribution in [0.15, 0.2) is 4.79 Å². The average Bonchev–Trinajstić information content (AvgIpc) is 3.01. The van der Waals surface area contributed by atoms with Gasteiger partial charge in [0.2, 0.25) is 5.91 Å². The summed E-state index contributed by atoms with van der Waals surface area (Å²) in [7, 11) is 1.81. The van der Waals surface area contributed by atoms with Crippen LogP contribution in [0.5, 0.6) is 0 Å². The quantitative estimate of drug-likeness (QED) is 0.866. The standard InChI is InChI=1S/C19H26N4O3/c1-10-15(19(26)20-18-17(10)11(2)21-22(18)3)6-7-16(25)23-12-4-5-13(23)9-14(24)8-12/h12-14,24H,4-9H2,1-3H3,(H,20,26)/t12-,13+,14?. The highest BCUT2D eigenvalue weighted by atomic mass is 16.3.